The molecule has 1 aliphatic rings. The van der Waals surface area contributed by atoms with Crippen LogP contribution in [0, 0.1) is 5.92 Å². The number of carbonyl (C=O) groups excluding carboxylic acids is 1. The third-order valence-electron chi connectivity index (χ3n) is 4.64. The average molecular weight is 327 g/mol. The summed E-state index contributed by atoms with van der Waals surface area (Å²) in [5, 5.41) is 3.98. The fourth-order valence-corrected chi connectivity index (χ4v) is 3.00. The number of carbonyl (C=O) groups is 1. The van der Waals surface area contributed by atoms with E-state index in [2.05, 4.69) is 24.0 Å². The summed E-state index contributed by atoms with van der Waals surface area (Å²) in [6.45, 7) is 4.37. The molecule has 0 atom stereocenters. The summed E-state index contributed by atoms with van der Waals surface area (Å²) in [7, 11) is 0. The van der Waals surface area contributed by atoms with Crippen LogP contribution in [0.1, 0.15) is 67.2 Å². The van der Waals surface area contributed by atoms with Gasteiger partial charge in [-0.3, -0.25) is 4.79 Å². The molecule has 0 bridgehead atoms. The van der Waals surface area contributed by atoms with Gasteiger partial charge in [0.2, 0.25) is 5.89 Å². The first-order valence-corrected chi connectivity index (χ1v) is 8.70. The van der Waals surface area contributed by atoms with Gasteiger partial charge in [-0.1, -0.05) is 43.3 Å². The summed E-state index contributed by atoms with van der Waals surface area (Å²) < 4.78 is 5.24. The molecular formula is C19H25N3O2. The molecule has 2 aromatic rings. The highest BCUT2D eigenvalue weighted by Crippen LogP contribution is 2.36. The maximum Gasteiger partial charge on any atom is 0.227 e. The van der Waals surface area contributed by atoms with Crippen molar-refractivity contribution in [2.75, 3.05) is 0 Å². The summed E-state index contributed by atoms with van der Waals surface area (Å²) in [6.07, 6.45) is 4.74. The van der Waals surface area contributed by atoms with Crippen molar-refractivity contribution in [3.8, 4) is 0 Å². The summed E-state index contributed by atoms with van der Waals surface area (Å²) >= 11 is 0. The Balaban J connectivity index is 1.55. The second-order valence-corrected chi connectivity index (χ2v) is 7.24. The second-order valence-electron chi connectivity index (χ2n) is 7.24. The lowest BCUT2D eigenvalue weighted by Crippen LogP contribution is -2.44. The second kappa shape index (κ2) is 6.85. The molecule has 0 aliphatic heterocycles. The Hall–Kier alpha value is -2.01. The Bertz CT molecular complexity index is 700. The number of ketones is 1. The first kappa shape index (κ1) is 16.8. The molecule has 5 nitrogen and oxygen atoms in total. The number of aromatic nitrogens is 2. The van der Waals surface area contributed by atoms with Gasteiger partial charge in [-0.15, -0.1) is 0 Å². The van der Waals surface area contributed by atoms with Gasteiger partial charge in [0.25, 0.3) is 0 Å². The predicted octanol–water partition coefficient (Wildman–Crippen LogP) is 3.42. The molecule has 0 unspecified atom stereocenters. The van der Waals surface area contributed by atoms with Gasteiger partial charge in [0.1, 0.15) is 0 Å². The lowest BCUT2D eigenvalue weighted by Gasteiger charge is -2.34. The average Bonchev–Trinajstić information content (AvgIpc) is 2.99. The van der Waals surface area contributed by atoms with Crippen LogP contribution < -0.4 is 5.73 Å². The molecular weight excluding hydrogens is 302 g/mol. The molecule has 1 aliphatic carbocycles. The van der Waals surface area contributed by atoms with Crippen molar-refractivity contribution >= 4 is 5.78 Å². The molecule has 1 heterocycles. The molecule has 1 saturated carbocycles. The summed E-state index contributed by atoms with van der Waals surface area (Å²) in [4.78, 5) is 16.7. The zero-order valence-electron chi connectivity index (χ0n) is 14.4. The third-order valence-corrected chi connectivity index (χ3v) is 4.64. The van der Waals surface area contributed by atoms with E-state index in [4.69, 9.17) is 10.3 Å². The van der Waals surface area contributed by atoms with Crippen LogP contribution in [-0.2, 0) is 18.4 Å². The van der Waals surface area contributed by atoms with E-state index in [0.29, 0.717) is 30.5 Å². The molecule has 1 aromatic heterocycles. The third kappa shape index (κ3) is 3.73. The lowest BCUT2D eigenvalue weighted by molar-refractivity contribution is 0.0979. The van der Waals surface area contributed by atoms with Crippen LogP contribution in [0.4, 0.5) is 0 Å². The van der Waals surface area contributed by atoms with Crippen molar-refractivity contribution in [2.45, 2.75) is 57.9 Å². The van der Waals surface area contributed by atoms with Crippen LogP contribution in [0.25, 0.3) is 0 Å². The Morgan fingerprint density at radius 3 is 2.58 bits per heavy atom. The SMILES string of the molecule is CC(C)Cc1ccc(C(=O)CCc2nc(C3(N)CCC3)no2)cc1. The highest BCUT2D eigenvalue weighted by molar-refractivity contribution is 5.96. The maximum absolute atomic E-state index is 12.3. The first-order chi connectivity index (χ1) is 11.5. The topological polar surface area (TPSA) is 82.0 Å². The molecule has 1 aromatic carbocycles. The molecule has 0 amide bonds. The molecule has 0 spiro atoms. The normalized spacial score (nSPS) is 16.2. The summed E-state index contributed by atoms with van der Waals surface area (Å²) in [5.41, 5.74) is 7.76. The first-order valence-electron chi connectivity index (χ1n) is 8.70. The van der Waals surface area contributed by atoms with Gasteiger partial charge in [-0.2, -0.15) is 4.98 Å². The van der Waals surface area contributed by atoms with E-state index in [1.165, 1.54) is 5.56 Å². The largest absolute Gasteiger partial charge is 0.339 e. The smallest absolute Gasteiger partial charge is 0.227 e. The number of hydrogen-bond donors (Lipinski definition) is 1. The Morgan fingerprint density at radius 1 is 1.29 bits per heavy atom. The molecule has 0 radical (unpaired) electrons. The van der Waals surface area contributed by atoms with Gasteiger partial charge in [0, 0.05) is 18.4 Å². The molecule has 5 heteroatoms. The number of aryl methyl sites for hydroxylation is 1. The van der Waals surface area contributed by atoms with Gasteiger partial charge in [0.15, 0.2) is 11.6 Å². The lowest BCUT2D eigenvalue weighted by atomic mass is 9.77. The number of nitrogens with two attached hydrogens (primary N) is 1. The minimum atomic E-state index is -0.419. The van der Waals surface area contributed by atoms with E-state index in [9.17, 15) is 4.79 Å². The van der Waals surface area contributed by atoms with E-state index in [-0.39, 0.29) is 5.78 Å². The van der Waals surface area contributed by atoms with Crippen LogP contribution in [0.3, 0.4) is 0 Å². The minimum absolute atomic E-state index is 0.0944. The number of hydrogen-bond acceptors (Lipinski definition) is 5. The number of rotatable bonds is 7. The number of Topliss-reactive ketones (excluding diaryl/α,β-unsaturated/α-hetero) is 1. The van der Waals surface area contributed by atoms with Crippen molar-refractivity contribution in [1.82, 2.24) is 10.1 Å². The van der Waals surface area contributed by atoms with Gasteiger partial charge < -0.3 is 10.3 Å². The molecule has 0 saturated heterocycles. The van der Waals surface area contributed by atoms with Gasteiger partial charge in [-0.25, -0.2) is 0 Å². The maximum atomic E-state index is 12.3. The Kier molecular flexibility index (Phi) is 4.81. The predicted molar refractivity (Wildman–Crippen MR) is 91.6 cm³/mol. The molecule has 1 fully saturated rings. The van der Waals surface area contributed by atoms with E-state index in [1.807, 2.05) is 24.3 Å². The summed E-state index contributed by atoms with van der Waals surface area (Å²) in [6, 6.07) is 7.88. The van der Waals surface area contributed by atoms with Gasteiger partial charge >= 0.3 is 0 Å². The van der Waals surface area contributed by atoms with Crippen LogP contribution in [0.15, 0.2) is 28.8 Å². The van der Waals surface area contributed by atoms with E-state index in [1.54, 1.807) is 0 Å². The molecule has 128 valence electrons. The number of benzene rings is 1. The summed E-state index contributed by atoms with van der Waals surface area (Å²) in [5.74, 6) is 1.78. The standard InChI is InChI=1S/C19H25N3O2/c1-13(2)12-14-4-6-15(7-5-14)16(23)8-9-17-21-18(22-24-17)19(20)10-3-11-19/h4-7,13H,3,8-12,20H2,1-2H3. The van der Waals surface area contributed by atoms with Crippen LogP contribution in [0.5, 0.6) is 0 Å². The van der Waals surface area contributed by atoms with Crippen molar-refractivity contribution in [3.63, 3.8) is 0 Å². The zero-order chi connectivity index (χ0) is 17.2. The fraction of sp³-hybridized carbons (Fsp3) is 0.526. The van der Waals surface area contributed by atoms with Gasteiger partial charge in [0.05, 0.1) is 5.54 Å². The van der Waals surface area contributed by atoms with Crippen LogP contribution in [0.2, 0.25) is 0 Å². The highest BCUT2D eigenvalue weighted by Gasteiger charge is 2.38. The highest BCUT2D eigenvalue weighted by atomic mass is 16.5. The van der Waals surface area contributed by atoms with Gasteiger partial charge in [-0.05, 0) is 37.2 Å². The van der Waals surface area contributed by atoms with Crippen LogP contribution >= 0.6 is 0 Å². The Labute approximate surface area is 142 Å². The van der Waals surface area contributed by atoms with E-state index >= 15 is 0 Å². The number of nitrogens with zero attached hydrogens (tertiary/aromatic N) is 2. The molecule has 3 rings (SSSR count). The van der Waals surface area contributed by atoms with Crippen molar-refractivity contribution in [3.05, 3.63) is 47.1 Å². The van der Waals surface area contributed by atoms with Crippen molar-refractivity contribution in [1.29, 1.82) is 0 Å². The quantitative estimate of drug-likeness (QED) is 0.788. The fourth-order valence-electron chi connectivity index (χ4n) is 3.00. The van der Waals surface area contributed by atoms with Crippen LogP contribution in [-0.4, -0.2) is 15.9 Å². The molecule has 2 N–H and O–H groups in total. The minimum Gasteiger partial charge on any atom is -0.339 e. The monoisotopic (exact) mass is 327 g/mol. The zero-order valence-corrected chi connectivity index (χ0v) is 14.4. The van der Waals surface area contributed by atoms with E-state index in [0.717, 1.165) is 31.2 Å². The Morgan fingerprint density at radius 2 is 2.00 bits per heavy atom. The van der Waals surface area contributed by atoms with Crippen molar-refractivity contribution < 1.29 is 9.32 Å². The molecule has 24 heavy (non-hydrogen) atoms. The van der Waals surface area contributed by atoms with Crippen molar-refractivity contribution in [2.24, 2.45) is 11.7 Å². The van der Waals surface area contributed by atoms with E-state index < -0.39 is 5.54 Å².